The zero-order valence-corrected chi connectivity index (χ0v) is 18.6. The molecule has 152 valence electrons. The first-order chi connectivity index (χ1) is 13.5. The van der Waals surface area contributed by atoms with Crippen LogP contribution >= 0.6 is 23.7 Å². The van der Waals surface area contributed by atoms with Gasteiger partial charge in [-0.3, -0.25) is 9.69 Å². The van der Waals surface area contributed by atoms with E-state index in [9.17, 15) is 4.79 Å². The summed E-state index contributed by atoms with van der Waals surface area (Å²) in [6.07, 6.45) is 0. The van der Waals surface area contributed by atoms with Crippen LogP contribution in [0.4, 0.5) is 0 Å². The molecule has 6 heteroatoms. The number of carbonyl (C=O) groups excluding carboxylic acids is 1. The Balaban J connectivity index is 0.00000205. The van der Waals surface area contributed by atoms with E-state index >= 15 is 0 Å². The highest BCUT2D eigenvalue weighted by Gasteiger charge is 2.47. The van der Waals surface area contributed by atoms with Gasteiger partial charge in [-0.25, -0.2) is 4.98 Å². The van der Waals surface area contributed by atoms with Crippen LogP contribution in [0.1, 0.15) is 32.5 Å². The highest BCUT2D eigenvalue weighted by Crippen LogP contribution is 2.45. The van der Waals surface area contributed by atoms with Gasteiger partial charge in [0.15, 0.2) is 0 Å². The number of hydrogen-bond acceptors (Lipinski definition) is 4. The molecule has 0 saturated carbocycles. The summed E-state index contributed by atoms with van der Waals surface area (Å²) in [6.45, 7) is 6.96. The molecule has 5 rings (SSSR count). The molecule has 2 saturated heterocycles. The van der Waals surface area contributed by atoms with Crippen molar-refractivity contribution in [1.29, 1.82) is 0 Å². The molecule has 0 unspecified atom stereocenters. The molecule has 4 nitrogen and oxygen atoms in total. The maximum Gasteiger partial charge on any atom is 0.253 e. The van der Waals surface area contributed by atoms with Crippen LogP contribution in [0.2, 0.25) is 0 Å². The van der Waals surface area contributed by atoms with Crippen LogP contribution in [0.15, 0.2) is 42.5 Å². The van der Waals surface area contributed by atoms with Gasteiger partial charge in [0.2, 0.25) is 0 Å². The predicted octanol–water partition coefficient (Wildman–Crippen LogP) is 4.71. The molecule has 2 aliphatic heterocycles. The van der Waals surface area contributed by atoms with Crippen LogP contribution in [-0.2, 0) is 0 Å². The molecule has 2 aromatic carbocycles. The molecule has 3 heterocycles. The third kappa shape index (κ3) is 3.45. The summed E-state index contributed by atoms with van der Waals surface area (Å²) < 4.78 is 1.10. The zero-order valence-electron chi connectivity index (χ0n) is 17.0. The van der Waals surface area contributed by atoms with Gasteiger partial charge < -0.3 is 4.90 Å². The molecule has 0 N–H and O–H groups in total. The van der Waals surface area contributed by atoms with Gasteiger partial charge in [0.05, 0.1) is 15.2 Å². The van der Waals surface area contributed by atoms with Gasteiger partial charge in [-0.05, 0) is 56.1 Å². The number of aromatic nitrogens is 1. The standard InChI is InChI=1S/C23H25N3OS.ClH/c1-14-6-4-5-7-18(14)22-19-13-26(12-17(19)11-25(22)3)23(27)16-8-9-20-21(10-16)28-15(2)24-20;/h4-10,17,19,22H,11-13H2,1-3H3;1H/t17-,19+,22+;/m0./s1. The minimum atomic E-state index is 0. The second-order valence-corrected chi connectivity index (χ2v) is 9.53. The van der Waals surface area contributed by atoms with Gasteiger partial charge in [0.1, 0.15) is 0 Å². The maximum absolute atomic E-state index is 13.2. The van der Waals surface area contributed by atoms with Gasteiger partial charge in [-0.2, -0.15) is 0 Å². The van der Waals surface area contributed by atoms with Crippen molar-refractivity contribution in [2.24, 2.45) is 11.8 Å². The van der Waals surface area contributed by atoms with Gasteiger partial charge in [-0.15, -0.1) is 23.7 Å². The fourth-order valence-electron chi connectivity index (χ4n) is 5.17. The molecule has 2 aliphatic rings. The number of amides is 1. The van der Waals surface area contributed by atoms with E-state index in [1.165, 1.54) is 11.1 Å². The third-order valence-electron chi connectivity index (χ3n) is 6.43. The van der Waals surface area contributed by atoms with Crippen LogP contribution in [-0.4, -0.2) is 47.4 Å². The number of halogens is 1. The maximum atomic E-state index is 13.2. The van der Waals surface area contributed by atoms with Crippen LogP contribution in [0, 0.1) is 25.7 Å². The van der Waals surface area contributed by atoms with Crippen molar-refractivity contribution >= 4 is 39.9 Å². The van der Waals surface area contributed by atoms with Crippen molar-refractivity contribution in [2.45, 2.75) is 19.9 Å². The van der Waals surface area contributed by atoms with E-state index in [4.69, 9.17) is 0 Å². The molecule has 0 spiro atoms. The average Bonchev–Trinajstić information content (AvgIpc) is 3.32. The number of thiazole rings is 1. The first-order valence-corrected chi connectivity index (χ1v) is 10.7. The normalized spacial score (nSPS) is 24.0. The molecule has 1 amide bonds. The fourth-order valence-corrected chi connectivity index (χ4v) is 6.03. The van der Waals surface area contributed by atoms with Crippen LogP contribution < -0.4 is 0 Å². The number of carbonyl (C=O) groups is 1. The van der Waals surface area contributed by atoms with Crippen LogP contribution in [0.3, 0.4) is 0 Å². The van der Waals surface area contributed by atoms with Gasteiger partial charge in [-0.1, -0.05) is 24.3 Å². The van der Waals surface area contributed by atoms with Gasteiger partial charge in [0.25, 0.3) is 5.91 Å². The highest BCUT2D eigenvalue weighted by molar-refractivity contribution is 7.18. The van der Waals surface area contributed by atoms with Gasteiger partial charge in [0, 0.05) is 37.2 Å². The first kappa shape index (κ1) is 20.3. The van der Waals surface area contributed by atoms with Crippen molar-refractivity contribution in [1.82, 2.24) is 14.8 Å². The number of likely N-dealkylation sites (tertiary alicyclic amines) is 2. The van der Waals surface area contributed by atoms with E-state index in [0.717, 1.165) is 40.4 Å². The Morgan fingerprint density at radius 1 is 1.10 bits per heavy atom. The molecule has 3 aromatic rings. The quantitative estimate of drug-likeness (QED) is 0.594. The lowest BCUT2D eigenvalue weighted by Crippen LogP contribution is -2.33. The Kier molecular flexibility index (Phi) is 5.40. The minimum Gasteiger partial charge on any atom is -0.338 e. The number of fused-ring (bicyclic) bond motifs is 2. The zero-order chi connectivity index (χ0) is 19.4. The lowest BCUT2D eigenvalue weighted by Gasteiger charge is -2.28. The summed E-state index contributed by atoms with van der Waals surface area (Å²) in [4.78, 5) is 22.3. The molecular weight excluding hydrogens is 402 g/mol. The van der Waals surface area contributed by atoms with Crippen molar-refractivity contribution in [3.05, 3.63) is 64.2 Å². The van der Waals surface area contributed by atoms with E-state index in [1.54, 1.807) is 11.3 Å². The lowest BCUT2D eigenvalue weighted by atomic mass is 9.88. The van der Waals surface area contributed by atoms with Crippen LogP contribution in [0.5, 0.6) is 0 Å². The summed E-state index contributed by atoms with van der Waals surface area (Å²) in [6, 6.07) is 15.0. The van der Waals surface area contributed by atoms with Crippen molar-refractivity contribution < 1.29 is 4.79 Å². The van der Waals surface area contributed by atoms with Crippen molar-refractivity contribution in [2.75, 3.05) is 26.7 Å². The molecule has 0 bridgehead atoms. The van der Waals surface area contributed by atoms with Crippen molar-refractivity contribution in [3.63, 3.8) is 0 Å². The number of nitrogens with zero attached hydrogens (tertiary/aromatic N) is 3. The Hall–Kier alpha value is -1.95. The fraction of sp³-hybridized carbons (Fsp3) is 0.391. The Morgan fingerprint density at radius 3 is 2.69 bits per heavy atom. The monoisotopic (exact) mass is 427 g/mol. The van der Waals surface area contributed by atoms with E-state index in [0.29, 0.717) is 17.9 Å². The van der Waals surface area contributed by atoms with E-state index in [-0.39, 0.29) is 18.3 Å². The third-order valence-corrected chi connectivity index (χ3v) is 7.36. The summed E-state index contributed by atoms with van der Waals surface area (Å²) >= 11 is 1.65. The Morgan fingerprint density at radius 2 is 1.90 bits per heavy atom. The summed E-state index contributed by atoms with van der Waals surface area (Å²) in [5.74, 6) is 1.21. The second kappa shape index (κ2) is 7.71. The number of hydrogen-bond donors (Lipinski definition) is 0. The topological polar surface area (TPSA) is 36.4 Å². The molecule has 0 aliphatic carbocycles. The van der Waals surface area contributed by atoms with Crippen LogP contribution in [0.25, 0.3) is 10.2 Å². The largest absolute Gasteiger partial charge is 0.338 e. The smallest absolute Gasteiger partial charge is 0.253 e. The average molecular weight is 428 g/mol. The molecule has 29 heavy (non-hydrogen) atoms. The second-order valence-electron chi connectivity index (χ2n) is 8.29. The predicted molar refractivity (Wildman–Crippen MR) is 121 cm³/mol. The van der Waals surface area contributed by atoms with E-state index in [1.807, 2.05) is 25.1 Å². The van der Waals surface area contributed by atoms with E-state index < -0.39 is 0 Å². The number of aryl methyl sites for hydroxylation is 2. The number of rotatable bonds is 2. The summed E-state index contributed by atoms with van der Waals surface area (Å²) in [5.41, 5.74) is 4.53. The lowest BCUT2D eigenvalue weighted by molar-refractivity contribution is 0.0768. The minimum absolute atomic E-state index is 0. The Labute approximate surface area is 182 Å². The van der Waals surface area contributed by atoms with E-state index in [2.05, 4.69) is 53.0 Å². The Bertz CT molecular complexity index is 1070. The molecule has 1 aromatic heterocycles. The molecule has 2 fully saturated rings. The SMILES string of the molecule is Cc1nc2ccc(C(=O)N3C[C@@H]4CN(C)[C@H](c5ccccc5C)[C@@H]4C3)cc2s1.Cl. The van der Waals surface area contributed by atoms with Gasteiger partial charge >= 0.3 is 0 Å². The van der Waals surface area contributed by atoms with Crippen molar-refractivity contribution in [3.8, 4) is 0 Å². The molecular formula is C23H26ClN3OS. The molecule has 0 radical (unpaired) electrons. The first-order valence-electron chi connectivity index (χ1n) is 9.93. The summed E-state index contributed by atoms with van der Waals surface area (Å²) in [5, 5.41) is 1.04. The molecule has 3 atom stereocenters. The highest BCUT2D eigenvalue weighted by atomic mass is 35.5. The number of benzene rings is 2. The summed E-state index contributed by atoms with van der Waals surface area (Å²) in [7, 11) is 2.22.